The van der Waals surface area contributed by atoms with E-state index in [0.29, 0.717) is 24.0 Å². The zero-order valence-corrected chi connectivity index (χ0v) is 18.4. The third-order valence-corrected chi connectivity index (χ3v) is 9.27. The van der Waals surface area contributed by atoms with Gasteiger partial charge < -0.3 is 4.74 Å². The van der Waals surface area contributed by atoms with Crippen LogP contribution in [-0.2, 0) is 20.0 Å². The average Bonchev–Trinajstić information content (AvgIpc) is 3.11. The summed E-state index contributed by atoms with van der Waals surface area (Å²) >= 11 is 6.74. The van der Waals surface area contributed by atoms with E-state index in [0.717, 1.165) is 30.6 Å². The van der Waals surface area contributed by atoms with Crippen LogP contribution in [0.25, 0.3) is 0 Å². The Hall–Kier alpha value is -1.33. The summed E-state index contributed by atoms with van der Waals surface area (Å²) in [6, 6.07) is 7.15. The Morgan fingerprint density at radius 2 is 1.82 bits per heavy atom. The summed E-state index contributed by atoms with van der Waals surface area (Å²) in [5.74, 6) is 0.204. The molecule has 0 aliphatic carbocycles. The average molecular weight is 465 g/mol. The summed E-state index contributed by atoms with van der Waals surface area (Å²) in [6.45, 7) is 2.94. The van der Waals surface area contributed by atoms with E-state index in [9.17, 15) is 16.8 Å². The second-order valence-corrected chi connectivity index (χ2v) is 11.8. The number of rotatable bonds is 7. The summed E-state index contributed by atoms with van der Waals surface area (Å²) in [7, 11) is -7.67. The van der Waals surface area contributed by atoms with Gasteiger partial charge in [0, 0.05) is 13.1 Å². The highest BCUT2D eigenvalue weighted by Crippen LogP contribution is 2.33. The van der Waals surface area contributed by atoms with E-state index in [1.54, 1.807) is 6.92 Å². The van der Waals surface area contributed by atoms with Gasteiger partial charge in [0.15, 0.2) is 0 Å². The second-order valence-electron chi connectivity index (χ2n) is 6.22. The lowest BCUT2D eigenvalue weighted by atomic mass is 10.2. The molecule has 1 aromatic heterocycles. The van der Waals surface area contributed by atoms with E-state index >= 15 is 0 Å². The van der Waals surface area contributed by atoms with Crippen LogP contribution in [0.5, 0.6) is 5.75 Å². The van der Waals surface area contributed by atoms with Gasteiger partial charge in [-0.3, -0.25) is 4.72 Å². The van der Waals surface area contributed by atoms with Gasteiger partial charge >= 0.3 is 0 Å². The van der Waals surface area contributed by atoms with Crippen molar-refractivity contribution in [1.82, 2.24) is 4.31 Å². The minimum absolute atomic E-state index is 0.0411. The minimum atomic E-state index is -3.87. The predicted octanol–water partition coefficient (Wildman–Crippen LogP) is 3.78. The van der Waals surface area contributed by atoms with Gasteiger partial charge in [0.2, 0.25) is 10.0 Å². The quantitative estimate of drug-likeness (QED) is 0.673. The highest BCUT2D eigenvalue weighted by atomic mass is 35.5. The maximum atomic E-state index is 13.1. The number of sulfonamides is 2. The molecule has 1 aliphatic heterocycles. The SMILES string of the molecule is CCOc1ccc(NS(=O)(=O)c2ccc(Cl)s2)cc1S(=O)(=O)N1CCCCC1. The van der Waals surface area contributed by atoms with Crippen LogP contribution in [0.2, 0.25) is 4.34 Å². The molecular weight excluding hydrogens is 444 g/mol. The van der Waals surface area contributed by atoms with Crippen molar-refractivity contribution in [3.63, 3.8) is 0 Å². The number of anilines is 1. The molecule has 0 bridgehead atoms. The van der Waals surface area contributed by atoms with Gasteiger partial charge in [-0.15, -0.1) is 11.3 Å². The number of hydrogen-bond donors (Lipinski definition) is 1. The highest BCUT2D eigenvalue weighted by Gasteiger charge is 2.30. The molecule has 11 heteroatoms. The Labute approximate surface area is 174 Å². The normalized spacial score (nSPS) is 16.1. The first kappa shape index (κ1) is 21.4. The summed E-state index contributed by atoms with van der Waals surface area (Å²) < 4.78 is 61.1. The number of ether oxygens (including phenoxy) is 1. The third-order valence-electron chi connectivity index (χ3n) is 4.24. The van der Waals surface area contributed by atoms with Crippen LogP contribution in [0.15, 0.2) is 39.4 Å². The van der Waals surface area contributed by atoms with Crippen LogP contribution >= 0.6 is 22.9 Å². The lowest BCUT2D eigenvalue weighted by Gasteiger charge is -2.27. The lowest BCUT2D eigenvalue weighted by molar-refractivity contribution is 0.323. The molecule has 1 aliphatic rings. The molecule has 2 aromatic rings. The highest BCUT2D eigenvalue weighted by molar-refractivity contribution is 7.94. The van der Waals surface area contributed by atoms with E-state index in [2.05, 4.69) is 4.72 Å². The number of thiophene rings is 1. The Kier molecular flexibility index (Phi) is 6.55. The summed E-state index contributed by atoms with van der Waals surface area (Å²) in [5.41, 5.74) is 0.142. The van der Waals surface area contributed by atoms with E-state index in [1.807, 2.05) is 0 Å². The van der Waals surface area contributed by atoms with Gasteiger partial charge in [-0.05, 0) is 50.1 Å². The van der Waals surface area contributed by atoms with Crippen molar-refractivity contribution in [1.29, 1.82) is 0 Å². The lowest BCUT2D eigenvalue weighted by Crippen LogP contribution is -2.35. The molecule has 1 aromatic carbocycles. The molecule has 1 saturated heterocycles. The number of hydrogen-bond acceptors (Lipinski definition) is 6. The molecule has 0 saturated carbocycles. The molecular formula is C17H21ClN2O5S3. The predicted molar refractivity (Wildman–Crippen MR) is 110 cm³/mol. The number of piperidine rings is 1. The summed E-state index contributed by atoms with van der Waals surface area (Å²) in [4.78, 5) is -0.0411. The Bertz CT molecular complexity index is 1040. The summed E-state index contributed by atoms with van der Waals surface area (Å²) in [6.07, 6.45) is 2.59. The van der Waals surface area contributed by atoms with E-state index in [1.165, 1.54) is 34.6 Å². The first-order chi connectivity index (χ1) is 13.2. The van der Waals surface area contributed by atoms with Crippen molar-refractivity contribution in [2.24, 2.45) is 0 Å². The molecule has 0 unspecified atom stereocenters. The molecule has 0 radical (unpaired) electrons. The molecule has 0 amide bonds. The molecule has 7 nitrogen and oxygen atoms in total. The molecule has 28 heavy (non-hydrogen) atoms. The Morgan fingerprint density at radius 1 is 1.11 bits per heavy atom. The van der Waals surface area contributed by atoms with Crippen molar-refractivity contribution in [2.45, 2.75) is 35.3 Å². The van der Waals surface area contributed by atoms with Crippen molar-refractivity contribution in [3.8, 4) is 5.75 Å². The van der Waals surface area contributed by atoms with Crippen molar-refractivity contribution in [3.05, 3.63) is 34.7 Å². The van der Waals surface area contributed by atoms with Crippen molar-refractivity contribution in [2.75, 3.05) is 24.4 Å². The van der Waals surface area contributed by atoms with Gasteiger partial charge in [-0.1, -0.05) is 18.0 Å². The topological polar surface area (TPSA) is 92.8 Å². The number of nitrogens with zero attached hydrogens (tertiary/aromatic N) is 1. The van der Waals surface area contributed by atoms with Gasteiger partial charge in [-0.2, -0.15) is 4.31 Å². The monoisotopic (exact) mass is 464 g/mol. The van der Waals surface area contributed by atoms with Gasteiger partial charge in [0.25, 0.3) is 10.0 Å². The fraction of sp³-hybridized carbons (Fsp3) is 0.412. The number of halogens is 1. The largest absolute Gasteiger partial charge is 0.492 e. The zero-order valence-electron chi connectivity index (χ0n) is 15.2. The maximum absolute atomic E-state index is 13.1. The molecule has 154 valence electrons. The molecule has 1 fully saturated rings. The fourth-order valence-electron chi connectivity index (χ4n) is 2.94. The van der Waals surface area contributed by atoms with Crippen molar-refractivity contribution < 1.29 is 21.6 Å². The van der Waals surface area contributed by atoms with Crippen LogP contribution in [0.3, 0.4) is 0 Å². The van der Waals surface area contributed by atoms with E-state index in [-0.39, 0.29) is 20.5 Å². The smallest absolute Gasteiger partial charge is 0.271 e. The first-order valence-electron chi connectivity index (χ1n) is 8.79. The number of nitrogens with one attached hydrogen (secondary N) is 1. The van der Waals surface area contributed by atoms with Crippen LogP contribution in [0.4, 0.5) is 5.69 Å². The number of benzene rings is 1. The molecule has 3 rings (SSSR count). The third kappa shape index (κ3) is 4.62. The first-order valence-corrected chi connectivity index (χ1v) is 12.9. The van der Waals surface area contributed by atoms with Gasteiger partial charge in [0.1, 0.15) is 14.9 Å². The maximum Gasteiger partial charge on any atom is 0.271 e. The Morgan fingerprint density at radius 3 is 2.43 bits per heavy atom. The van der Waals surface area contributed by atoms with Crippen LogP contribution in [0, 0.1) is 0 Å². The van der Waals surface area contributed by atoms with Crippen LogP contribution < -0.4 is 9.46 Å². The van der Waals surface area contributed by atoms with Crippen LogP contribution in [-0.4, -0.2) is 40.8 Å². The standard InChI is InChI=1S/C17H21ClN2O5S3/c1-2-25-14-7-6-13(19-27(21,22)17-9-8-16(18)26-17)12-15(14)28(23,24)20-10-4-3-5-11-20/h6-9,12,19H,2-5,10-11H2,1H3. The molecule has 2 heterocycles. The zero-order chi connectivity index (χ0) is 20.4. The van der Waals surface area contributed by atoms with Crippen molar-refractivity contribution >= 4 is 48.7 Å². The Balaban J connectivity index is 1.97. The van der Waals surface area contributed by atoms with E-state index in [4.69, 9.17) is 16.3 Å². The van der Waals surface area contributed by atoms with Gasteiger partial charge in [-0.25, -0.2) is 16.8 Å². The van der Waals surface area contributed by atoms with Crippen LogP contribution in [0.1, 0.15) is 26.2 Å². The minimum Gasteiger partial charge on any atom is -0.492 e. The fourth-order valence-corrected chi connectivity index (χ4v) is 7.15. The van der Waals surface area contributed by atoms with Gasteiger partial charge in [0.05, 0.1) is 16.6 Å². The molecule has 0 spiro atoms. The second kappa shape index (κ2) is 8.58. The summed E-state index contributed by atoms with van der Waals surface area (Å²) in [5, 5.41) is 0. The molecule has 1 N–H and O–H groups in total. The van der Waals surface area contributed by atoms with E-state index < -0.39 is 20.0 Å². The molecule has 0 atom stereocenters.